The third-order valence-electron chi connectivity index (χ3n) is 4.88. The first kappa shape index (κ1) is 18.6. The van der Waals surface area contributed by atoms with Crippen LogP contribution >= 0.6 is 0 Å². The third kappa shape index (κ3) is 4.00. The summed E-state index contributed by atoms with van der Waals surface area (Å²) in [7, 11) is 1.37. The second-order valence-electron chi connectivity index (χ2n) is 6.54. The molecular weight excluding hydrogens is 342 g/mol. The van der Waals surface area contributed by atoms with Gasteiger partial charge in [-0.25, -0.2) is 0 Å². The second-order valence-corrected chi connectivity index (χ2v) is 6.54. The molecule has 6 heteroatoms. The SMILES string of the molecule is CO/N=C(\C(N)=O)c1ccccc1CO/N=C(/C)C1(c2ccccc2)CC1. The average molecular weight is 365 g/mol. The van der Waals surface area contributed by atoms with Crippen LogP contribution in [0.1, 0.15) is 36.5 Å². The summed E-state index contributed by atoms with van der Waals surface area (Å²) in [4.78, 5) is 22.0. The molecule has 140 valence electrons. The number of hydrogen-bond acceptors (Lipinski definition) is 5. The lowest BCUT2D eigenvalue weighted by molar-refractivity contribution is -0.112. The van der Waals surface area contributed by atoms with Crippen molar-refractivity contribution in [3.63, 3.8) is 0 Å². The van der Waals surface area contributed by atoms with Crippen molar-refractivity contribution >= 4 is 17.3 Å². The van der Waals surface area contributed by atoms with Crippen molar-refractivity contribution < 1.29 is 14.5 Å². The largest absolute Gasteiger partial charge is 0.398 e. The van der Waals surface area contributed by atoms with Gasteiger partial charge >= 0.3 is 0 Å². The zero-order valence-electron chi connectivity index (χ0n) is 15.5. The lowest BCUT2D eigenvalue weighted by atomic mass is 9.92. The number of amides is 1. The summed E-state index contributed by atoms with van der Waals surface area (Å²) in [6.45, 7) is 2.20. The van der Waals surface area contributed by atoms with Gasteiger partial charge in [0.05, 0.1) is 5.71 Å². The molecule has 2 aromatic rings. The van der Waals surface area contributed by atoms with Gasteiger partial charge in [0.15, 0.2) is 5.71 Å². The van der Waals surface area contributed by atoms with Crippen LogP contribution in [0.5, 0.6) is 0 Å². The van der Waals surface area contributed by atoms with E-state index in [2.05, 4.69) is 22.4 Å². The topological polar surface area (TPSA) is 86.3 Å². The highest BCUT2D eigenvalue weighted by molar-refractivity contribution is 6.45. The van der Waals surface area contributed by atoms with Gasteiger partial charge in [0, 0.05) is 16.5 Å². The number of nitrogens with two attached hydrogens (primary N) is 1. The fourth-order valence-electron chi connectivity index (χ4n) is 3.22. The maximum absolute atomic E-state index is 11.7. The van der Waals surface area contributed by atoms with Gasteiger partial charge in [-0.3, -0.25) is 4.79 Å². The lowest BCUT2D eigenvalue weighted by Crippen LogP contribution is -2.25. The van der Waals surface area contributed by atoms with Crippen LogP contribution in [-0.4, -0.2) is 24.4 Å². The maximum atomic E-state index is 11.7. The van der Waals surface area contributed by atoms with Crippen molar-refractivity contribution in [1.82, 2.24) is 0 Å². The normalized spacial score (nSPS) is 15.9. The van der Waals surface area contributed by atoms with Gasteiger partial charge in [0.2, 0.25) is 0 Å². The quantitative estimate of drug-likeness (QED) is 0.576. The van der Waals surface area contributed by atoms with Crippen LogP contribution in [0.2, 0.25) is 0 Å². The second kappa shape index (κ2) is 8.03. The summed E-state index contributed by atoms with van der Waals surface area (Å²) >= 11 is 0. The van der Waals surface area contributed by atoms with Crippen LogP contribution in [0.15, 0.2) is 64.9 Å². The molecule has 0 spiro atoms. The highest BCUT2D eigenvalue weighted by Crippen LogP contribution is 2.49. The van der Waals surface area contributed by atoms with E-state index in [1.807, 2.05) is 37.3 Å². The minimum atomic E-state index is -0.662. The molecule has 0 radical (unpaired) electrons. The Morgan fingerprint density at radius 1 is 1.07 bits per heavy atom. The van der Waals surface area contributed by atoms with Gasteiger partial charge < -0.3 is 15.4 Å². The van der Waals surface area contributed by atoms with E-state index in [0.717, 1.165) is 24.1 Å². The summed E-state index contributed by atoms with van der Waals surface area (Å²) in [5, 5.41) is 8.09. The molecular formula is C21H23N3O3. The molecule has 2 aromatic carbocycles. The van der Waals surface area contributed by atoms with E-state index in [1.54, 1.807) is 12.1 Å². The first-order valence-corrected chi connectivity index (χ1v) is 8.80. The predicted molar refractivity (Wildman–Crippen MR) is 104 cm³/mol. The summed E-state index contributed by atoms with van der Waals surface area (Å²) in [5.41, 5.74) is 8.99. The predicted octanol–water partition coefficient (Wildman–Crippen LogP) is 3.15. The monoisotopic (exact) mass is 365 g/mol. The van der Waals surface area contributed by atoms with Crippen LogP contribution in [0.4, 0.5) is 0 Å². The molecule has 0 aliphatic heterocycles. The first-order valence-electron chi connectivity index (χ1n) is 8.80. The van der Waals surface area contributed by atoms with E-state index in [-0.39, 0.29) is 17.7 Å². The Kier molecular flexibility index (Phi) is 5.54. The molecule has 3 rings (SSSR count). The molecule has 0 atom stereocenters. The summed E-state index contributed by atoms with van der Waals surface area (Å²) in [6, 6.07) is 17.6. The summed E-state index contributed by atoms with van der Waals surface area (Å²) in [5.74, 6) is -0.662. The molecule has 1 aliphatic carbocycles. The molecule has 0 saturated heterocycles. The van der Waals surface area contributed by atoms with Crippen molar-refractivity contribution in [2.45, 2.75) is 31.8 Å². The molecule has 0 aromatic heterocycles. The number of carbonyl (C=O) groups excluding carboxylic acids is 1. The van der Waals surface area contributed by atoms with Crippen LogP contribution in [0.25, 0.3) is 0 Å². The average Bonchev–Trinajstić information content (AvgIpc) is 3.49. The van der Waals surface area contributed by atoms with E-state index in [4.69, 9.17) is 15.4 Å². The maximum Gasteiger partial charge on any atom is 0.271 e. The Morgan fingerprint density at radius 3 is 2.37 bits per heavy atom. The standard InChI is InChI=1S/C21H23N3O3/c1-15(21(12-13-21)17-9-4-3-5-10-17)23-27-14-16-8-6-7-11-18(16)19(20(22)25)24-26-2/h3-11H,12-14H2,1-2H3,(H2,22,25)/b23-15-,24-19-. The molecule has 1 aliphatic rings. The highest BCUT2D eigenvalue weighted by Gasteiger charge is 2.47. The number of oxime groups is 2. The highest BCUT2D eigenvalue weighted by atomic mass is 16.6. The number of hydrogen-bond donors (Lipinski definition) is 1. The van der Waals surface area contributed by atoms with Crippen LogP contribution in [-0.2, 0) is 26.5 Å². The first-order chi connectivity index (χ1) is 13.1. The van der Waals surface area contributed by atoms with E-state index in [9.17, 15) is 4.79 Å². The molecule has 6 nitrogen and oxygen atoms in total. The Morgan fingerprint density at radius 2 is 1.74 bits per heavy atom. The zero-order valence-corrected chi connectivity index (χ0v) is 15.5. The minimum absolute atomic E-state index is 0.0172. The van der Waals surface area contributed by atoms with Gasteiger partial charge in [-0.15, -0.1) is 0 Å². The van der Waals surface area contributed by atoms with Crippen LogP contribution in [0.3, 0.4) is 0 Å². The summed E-state index contributed by atoms with van der Waals surface area (Å²) in [6.07, 6.45) is 2.14. The van der Waals surface area contributed by atoms with E-state index in [1.165, 1.54) is 12.7 Å². The number of benzene rings is 2. The fraction of sp³-hybridized carbons (Fsp3) is 0.286. The lowest BCUT2D eigenvalue weighted by Gasteiger charge is -2.15. The van der Waals surface area contributed by atoms with Crippen molar-refractivity contribution in [3.8, 4) is 0 Å². The molecule has 1 saturated carbocycles. The van der Waals surface area contributed by atoms with Gasteiger partial charge in [0.25, 0.3) is 5.91 Å². The van der Waals surface area contributed by atoms with Crippen molar-refractivity contribution in [2.75, 3.05) is 7.11 Å². The number of rotatable bonds is 8. The molecule has 1 fully saturated rings. The van der Waals surface area contributed by atoms with E-state index < -0.39 is 5.91 Å². The Hall–Kier alpha value is -3.15. The molecule has 1 amide bonds. The molecule has 2 N–H and O–H groups in total. The van der Waals surface area contributed by atoms with E-state index >= 15 is 0 Å². The Labute approximate surface area is 158 Å². The number of nitrogens with zero attached hydrogens (tertiary/aromatic N) is 2. The Balaban J connectivity index is 1.76. The van der Waals surface area contributed by atoms with Crippen molar-refractivity contribution in [2.24, 2.45) is 16.0 Å². The van der Waals surface area contributed by atoms with Crippen LogP contribution in [0, 0.1) is 0 Å². The molecule has 0 heterocycles. The summed E-state index contributed by atoms with van der Waals surface area (Å²) < 4.78 is 0. The van der Waals surface area contributed by atoms with Gasteiger partial charge in [-0.1, -0.05) is 64.9 Å². The molecule has 27 heavy (non-hydrogen) atoms. The number of primary amides is 1. The van der Waals surface area contributed by atoms with Crippen molar-refractivity contribution in [3.05, 3.63) is 71.3 Å². The zero-order chi connectivity index (χ0) is 19.3. The smallest absolute Gasteiger partial charge is 0.271 e. The van der Waals surface area contributed by atoms with Gasteiger partial charge in [-0.05, 0) is 25.3 Å². The third-order valence-corrected chi connectivity index (χ3v) is 4.88. The number of carbonyl (C=O) groups is 1. The van der Waals surface area contributed by atoms with Gasteiger partial charge in [-0.2, -0.15) is 0 Å². The Bertz CT molecular complexity index is 871. The molecule has 0 bridgehead atoms. The minimum Gasteiger partial charge on any atom is -0.398 e. The van der Waals surface area contributed by atoms with E-state index in [0.29, 0.717) is 5.56 Å². The van der Waals surface area contributed by atoms with Crippen molar-refractivity contribution in [1.29, 1.82) is 0 Å². The fourth-order valence-corrected chi connectivity index (χ4v) is 3.22. The van der Waals surface area contributed by atoms with Gasteiger partial charge in [0.1, 0.15) is 13.7 Å². The molecule has 0 unspecified atom stereocenters. The van der Waals surface area contributed by atoms with Crippen LogP contribution < -0.4 is 5.73 Å².